The van der Waals surface area contributed by atoms with Gasteiger partial charge in [-0.05, 0) is 18.9 Å². The Kier molecular flexibility index (Phi) is 4.04. The number of para-hydroxylation sites is 1. The van der Waals surface area contributed by atoms with E-state index in [4.69, 9.17) is 10.6 Å². The number of nitrogens with one attached hydrogen (secondary N) is 1. The summed E-state index contributed by atoms with van der Waals surface area (Å²) >= 11 is 0. The smallest absolute Gasteiger partial charge is 0.208 e. The Labute approximate surface area is 108 Å². The van der Waals surface area contributed by atoms with Crippen molar-refractivity contribution in [2.75, 3.05) is 14.2 Å². The van der Waals surface area contributed by atoms with Gasteiger partial charge >= 0.3 is 0 Å². The lowest BCUT2D eigenvalue weighted by molar-refractivity contribution is 0.396. The molecule has 1 aliphatic carbocycles. The summed E-state index contributed by atoms with van der Waals surface area (Å²) in [5.74, 6) is 7.13. The predicted octanol–water partition coefficient (Wildman–Crippen LogP) is 1.11. The van der Waals surface area contributed by atoms with Crippen LogP contribution in [0.25, 0.3) is 0 Å². The molecule has 0 aromatic heterocycles. The van der Waals surface area contributed by atoms with E-state index in [1.165, 1.54) is 0 Å². The fourth-order valence-electron chi connectivity index (χ4n) is 1.79. The van der Waals surface area contributed by atoms with E-state index in [9.17, 15) is 0 Å². The maximum atomic E-state index is 5.52. The predicted molar refractivity (Wildman–Crippen MR) is 72.2 cm³/mol. The SMILES string of the molecule is COc1ccccc1CN(C)C(=NC1CC1)NN. The van der Waals surface area contributed by atoms with Crippen molar-refractivity contribution in [3.63, 3.8) is 0 Å². The molecule has 0 radical (unpaired) electrons. The van der Waals surface area contributed by atoms with Gasteiger partial charge in [0.1, 0.15) is 5.75 Å². The first-order valence-electron chi connectivity index (χ1n) is 6.12. The van der Waals surface area contributed by atoms with Crippen LogP contribution in [0.4, 0.5) is 0 Å². The van der Waals surface area contributed by atoms with Gasteiger partial charge in [-0.2, -0.15) is 0 Å². The summed E-state index contributed by atoms with van der Waals surface area (Å²) in [6.07, 6.45) is 2.32. The van der Waals surface area contributed by atoms with Crippen molar-refractivity contribution in [3.05, 3.63) is 29.8 Å². The zero-order valence-electron chi connectivity index (χ0n) is 10.9. The van der Waals surface area contributed by atoms with Crippen molar-refractivity contribution < 1.29 is 4.74 Å². The Morgan fingerprint density at radius 2 is 2.22 bits per heavy atom. The van der Waals surface area contributed by atoms with E-state index < -0.39 is 0 Å². The summed E-state index contributed by atoms with van der Waals surface area (Å²) in [6.45, 7) is 0.708. The molecule has 1 fully saturated rings. The first-order chi connectivity index (χ1) is 8.74. The van der Waals surface area contributed by atoms with Crippen LogP contribution in [0, 0.1) is 0 Å². The third kappa shape index (κ3) is 3.13. The van der Waals surface area contributed by atoms with E-state index in [1.54, 1.807) is 7.11 Å². The second-order valence-electron chi connectivity index (χ2n) is 4.50. The van der Waals surface area contributed by atoms with Gasteiger partial charge in [-0.25, -0.2) is 10.8 Å². The van der Waals surface area contributed by atoms with Crippen molar-refractivity contribution >= 4 is 5.96 Å². The van der Waals surface area contributed by atoms with E-state index in [0.29, 0.717) is 12.6 Å². The first-order valence-corrected chi connectivity index (χ1v) is 6.12. The number of benzene rings is 1. The zero-order valence-corrected chi connectivity index (χ0v) is 10.9. The molecule has 0 saturated heterocycles. The first kappa shape index (κ1) is 12.7. The van der Waals surface area contributed by atoms with Crippen LogP contribution in [-0.2, 0) is 6.54 Å². The third-order valence-electron chi connectivity index (χ3n) is 2.94. The Bertz CT molecular complexity index is 429. The molecule has 0 heterocycles. The van der Waals surface area contributed by atoms with Gasteiger partial charge < -0.3 is 9.64 Å². The van der Waals surface area contributed by atoms with Crippen molar-refractivity contribution in [1.82, 2.24) is 10.3 Å². The molecule has 3 N–H and O–H groups in total. The van der Waals surface area contributed by atoms with Gasteiger partial charge in [-0.3, -0.25) is 5.43 Å². The number of nitrogens with two attached hydrogens (primary N) is 1. The number of nitrogens with zero attached hydrogens (tertiary/aromatic N) is 2. The number of guanidine groups is 1. The number of hydrogen-bond acceptors (Lipinski definition) is 3. The fraction of sp³-hybridized carbons (Fsp3) is 0.462. The van der Waals surface area contributed by atoms with Crippen LogP contribution in [-0.4, -0.2) is 31.1 Å². The number of methoxy groups -OCH3 is 1. The number of aliphatic imine (C=N–C) groups is 1. The van der Waals surface area contributed by atoms with Crippen LogP contribution < -0.4 is 16.0 Å². The summed E-state index contributed by atoms with van der Waals surface area (Å²) in [5.41, 5.74) is 3.78. The fourth-order valence-corrected chi connectivity index (χ4v) is 1.79. The lowest BCUT2D eigenvalue weighted by Gasteiger charge is -2.21. The number of ether oxygens (including phenoxy) is 1. The highest BCUT2D eigenvalue weighted by Gasteiger charge is 2.22. The molecule has 5 heteroatoms. The van der Waals surface area contributed by atoms with E-state index in [0.717, 1.165) is 30.1 Å². The standard InChI is InChI=1S/C13H20N4O/c1-17(13(16-14)15-11-7-8-11)9-10-5-3-4-6-12(10)18-2/h3-6,11H,7-9,14H2,1-2H3,(H,15,16). The van der Waals surface area contributed by atoms with E-state index in [2.05, 4.69) is 10.4 Å². The lowest BCUT2D eigenvalue weighted by atomic mass is 10.2. The van der Waals surface area contributed by atoms with Crippen molar-refractivity contribution in [2.24, 2.45) is 10.8 Å². The second kappa shape index (κ2) is 5.73. The third-order valence-corrected chi connectivity index (χ3v) is 2.94. The Morgan fingerprint density at radius 3 is 2.83 bits per heavy atom. The Balaban J connectivity index is 2.07. The summed E-state index contributed by atoms with van der Waals surface area (Å²) < 4.78 is 5.33. The molecular weight excluding hydrogens is 228 g/mol. The van der Waals surface area contributed by atoms with Gasteiger partial charge in [0.15, 0.2) is 0 Å². The minimum absolute atomic E-state index is 0.441. The molecule has 0 bridgehead atoms. The molecule has 5 nitrogen and oxygen atoms in total. The van der Waals surface area contributed by atoms with Crippen LogP contribution in [0.2, 0.25) is 0 Å². The molecule has 0 atom stereocenters. The summed E-state index contributed by atoms with van der Waals surface area (Å²) in [7, 11) is 3.65. The maximum absolute atomic E-state index is 5.52. The van der Waals surface area contributed by atoms with Crippen molar-refractivity contribution in [1.29, 1.82) is 0 Å². The van der Waals surface area contributed by atoms with Gasteiger partial charge in [-0.1, -0.05) is 18.2 Å². The Morgan fingerprint density at radius 1 is 1.50 bits per heavy atom. The second-order valence-corrected chi connectivity index (χ2v) is 4.50. The van der Waals surface area contributed by atoms with Crippen LogP contribution >= 0.6 is 0 Å². The molecule has 0 unspecified atom stereocenters. The molecule has 1 saturated carbocycles. The number of hydrazine groups is 1. The van der Waals surface area contributed by atoms with Crippen LogP contribution in [0.1, 0.15) is 18.4 Å². The molecule has 1 aliphatic rings. The van der Waals surface area contributed by atoms with E-state index in [-0.39, 0.29) is 0 Å². The molecule has 18 heavy (non-hydrogen) atoms. The van der Waals surface area contributed by atoms with Gasteiger partial charge in [0.25, 0.3) is 0 Å². The summed E-state index contributed by atoms with van der Waals surface area (Å²) in [5, 5.41) is 0. The Hall–Kier alpha value is -1.75. The minimum Gasteiger partial charge on any atom is -0.496 e. The van der Waals surface area contributed by atoms with E-state index >= 15 is 0 Å². The summed E-state index contributed by atoms with van der Waals surface area (Å²) in [6, 6.07) is 8.40. The van der Waals surface area contributed by atoms with E-state index in [1.807, 2.05) is 36.2 Å². The van der Waals surface area contributed by atoms with Crippen LogP contribution in [0.5, 0.6) is 5.75 Å². The van der Waals surface area contributed by atoms with Gasteiger partial charge in [0.2, 0.25) is 5.96 Å². The zero-order chi connectivity index (χ0) is 13.0. The topological polar surface area (TPSA) is 62.9 Å². The molecule has 2 rings (SSSR count). The van der Waals surface area contributed by atoms with Crippen LogP contribution in [0.15, 0.2) is 29.3 Å². The largest absolute Gasteiger partial charge is 0.496 e. The highest BCUT2D eigenvalue weighted by molar-refractivity contribution is 5.79. The molecule has 0 spiro atoms. The molecule has 1 aromatic carbocycles. The summed E-state index contributed by atoms with van der Waals surface area (Å²) in [4.78, 5) is 6.52. The molecule has 98 valence electrons. The number of hydrogen-bond donors (Lipinski definition) is 2. The lowest BCUT2D eigenvalue weighted by Crippen LogP contribution is -2.42. The van der Waals surface area contributed by atoms with Crippen molar-refractivity contribution in [3.8, 4) is 5.75 Å². The average molecular weight is 248 g/mol. The van der Waals surface area contributed by atoms with Crippen molar-refractivity contribution in [2.45, 2.75) is 25.4 Å². The normalized spacial score (nSPS) is 15.4. The highest BCUT2D eigenvalue weighted by Crippen LogP contribution is 2.24. The number of rotatable bonds is 4. The molecule has 1 aromatic rings. The average Bonchev–Trinajstić information content (AvgIpc) is 3.20. The maximum Gasteiger partial charge on any atom is 0.208 e. The monoisotopic (exact) mass is 248 g/mol. The minimum atomic E-state index is 0.441. The van der Waals surface area contributed by atoms with Gasteiger partial charge in [-0.15, -0.1) is 0 Å². The van der Waals surface area contributed by atoms with Crippen LogP contribution in [0.3, 0.4) is 0 Å². The quantitative estimate of drug-likeness (QED) is 0.362. The molecule has 0 amide bonds. The van der Waals surface area contributed by atoms with Gasteiger partial charge in [0, 0.05) is 19.2 Å². The molecular formula is C13H20N4O. The highest BCUT2D eigenvalue weighted by atomic mass is 16.5. The molecule has 0 aliphatic heterocycles. The van der Waals surface area contributed by atoms with Gasteiger partial charge in [0.05, 0.1) is 13.2 Å².